The van der Waals surface area contributed by atoms with Crippen LogP contribution in [0.15, 0.2) is 24.3 Å². The van der Waals surface area contributed by atoms with Gasteiger partial charge in [0, 0.05) is 18.4 Å². The van der Waals surface area contributed by atoms with Gasteiger partial charge in [-0.2, -0.15) is 0 Å². The van der Waals surface area contributed by atoms with Crippen LogP contribution in [0.4, 0.5) is 0 Å². The molecule has 26 heavy (non-hydrogen) atoms. The zero-order valence-corrected chi connectivity index (χ0v) is 15.2. The van der Waals surface area contributed by atoms with Gasteiger partial charge in [-0.1, -0.05) is 12.8 Å². The lowest BCUT2D eigenvalue weighted by Gasteiger charge is -2.39. The minimum Gasteiger partial charge on any atom is -0.490 e. The molecule has 142 valence electrons. The van der Waals surface area contributed by atoms with E-state index in [2.05, 4.69) is 5.32 Å². The van der Waals surface area contributed by atoms with Crippen LogP contribution < -0.4 is 10.1 Å². The SMILES string of the molecule is CC1(NC(=O)c2ccc(OC3CCOCC3)cc2)CCCCC1C(=O)O. The number of rotatable bonds is 5. The number of carboxylic acids is 1. The van der Waals surface area contributed by atoms with Crippen LogP contribution in [0.1, 0.15) is 55.8 Å². The number of hydrogen-bond donors (Lipinski definition) is 2. The Morgan fingerprint density at radius 2 is 1.85 bits per heavy atom. The van der Waals surface area contributed by atoms with Crippen LogP contribution >= 0.6 is 0 Å². The second kappa shape index (κ2) is 8.08. The maximum absolute atomic E-state index is 12.6. The summed E-state index contributed by atoms with van der Waals surface area (Å²) in [5.41, 5.74) is -0.196. The first-order chi connectivity index (χ1) is 12.5. The normalized spacial score (nSPS) is 26.9. The lowest BCUT2D eigenvalue weighted by molar-refractivity contribution is -0.145. The van der Waals surface area contributed by atoms with Gasteiger partial charge >= 0.3 is 5.97 Å². The Morgan fingerprint density at radius 1 is 1.15 bits per heavy atom. The molecule has 3 rings (SSSR count). The van der Waals surface area contributed by atoms with E-state index in [1.807, 2.05) is 6.92 Å². The number of aliphatic carboxylic acids is 1. The van der Waals surface area contributed by atoms with E-state index >= 15 is 0 Å². The van der Waals surface area contributed by atoms with Crippen molar-refractivity contribution in [1.29, 1.82) is 0 Å². The van der Waals surface area contributed by atoms with Crippen molar-refractivity contribution in [2.24, 2.45) is 5.92 Å². The molecular formula is C20H27NO5. The quantitative estimate of drug-likeness (QED) is 0.842. The maximum atomic E-state index is 12.6. The lowest BCUT2D eigenvalue weighted by atomic mass is 9.73. The molecule has 1 saturated heterocycles. The molecule has 0 spiro atoms. The Labute approximate surface area is 153 Å². The van der Waals surface area contributed by atoms with E-state index in [0.29, 0.717) is 31.6 Å². The molecule has 6 nitrogen and oxygen atoms in total. The minimum absolute atomic E-state index is 0.154. The maximum Gasteiger partial charge on any atom is 0.308 e. The number of nitrogens with one attached hydrogen (secondary N) is 1. The number of carbonyl (C=O) groups excluding carboxylic acids is 1. The summed E-state index contributed by atoms with van der Waals surface area (Å²) in [5, 5.41) is 12.4. The highest BCUT2D eigenvalue weighted by Crippen LogP contribution is 2.34. The smallest absolute Gasteiger partial charge is 0.308 e. The summed E-state index contributed by atoms with van der Waals surface area (Å²) in [4.78, 5) is 24.2. The summed E-state index contributed by atoms with van der Waals surface area (Å²) in [5.74, 6) is -0.886. The lowest BCUT2D eigenvalue weighted by Crippen LogP contribution is -2.55. The van der Waals surface area contributed by atoms with Gasteiger partial charge in [-0.25, -0.2) is 0 Å². The van der Waals surface area contributed by atoms with E-state index in [-0.39, 0.29) is 12.0 Å². The van der Waals surface area contributed by atoms with Crippen LogP contribution in [0.3, 0.4) is 0 Å². The molecule has 1 aromatic carbocycles. The number of carbonyl (C=O) groups is 2. The summed E-state index contributed by atoms with van der Waals surface area (Å²) in [6, 6.07) is 7.04. The summed E-state index contributed by atoms with van der Waals surface area (Å²) in [7, 11) is 0. The zero-order valence-electron chi connectivity index (χ0n) is 15.2. The van der Waals surface area contributed by atoms with E-state index in [1.54, 1.807) is 24.3 Å². The predicted molar refractivity (Wildman–Crippen MR) is 96.4 cm³/mol. The van der Waals surface area contributed by atoms with E-state index < -0.39 is 17.4 Å². The van der Waals surface area contributed by atoms with Crippen LogP contribution in [0.2, 0.25) is 0 Å². The van der Waals surface area contributed by atoms with Crippen molar-refractivity contribution in [2.45, 2.75) is 57.1 Å². The molecule has 0 aromatic heterocycles. The summed E-state index contributed by atoms with van der Waals surface area (Å²) < 4.78 is 11.2. The number of amides is 1. The van der Waals surface area contributed by atoms with Gasteiger partial charge in [0.25, 0.3) is 5.91 Å². The number of carboxylic acid groups (broad SMARTS) is 1. The summed E-state index contributed by atoms with van der Waals surface area (Å²) in [6.07, 6.45) is 5.00. The van der Waals surface area contributed by atoms with Crippen molar-refractivity contribution in [3.63, 3.8) is 0 Å². The first-order valence-corrected chi connectivity index (χ1v) is 9.38. The Kier molecular flexibility index (Phi) is 5.81. The van der Waals surface area contributed by atoms with Gasteiger partial charge in [0.1, 0.15) is 11.9 Å². The molecular weight excluding hydrogens is 334 g/mol. The summed E-state index contributed by atoms with van der Waals surface area (Å²) in [6.45, 7) is 3.27. The van der Waals surface area contributed by atoms with Gasteiger partial charge in [-0.3, -0.25) is 9.59 Å². The molecule has 0 radical (unpaired) electrons. The van der Waals surface area contributed by atoms with Gasteiger partial charge in [0.05, 0.1) is 24.7 Å². The van der Waals surface area contributed by atoms with Crippen molar-refractivity contribution in [1.82, 2.24) is 5.32 Å². The third kappa shape index (κ3) is 4.36. The fourth-order valence-electron chi connectivity index (χ4n) is 3.88. The number of ether oxygens (including phenoxy) is 2. The van der Waals surface area contributed by atoms with Crippen LogP contribution in [-0.2, 0) is 9.53 Å². The van der Waals surface area contributed by atoms with Gasteiger partial charge in [0.2, 0.25) is 0 Å². The largest absolute Gasteiger partial charge is 0.490 e. The second-order valence-electron chi connectivity index (χ2n) is 7.46. The van der Waals surface area contributed by atoms with Crippen molar-refractivity contribution in [3.8, 4) is 5.75 Å². The molecule has 2 unspecified atom stereocenters. The van der Waals surface area contributed by atoms with Crippen molar-refractivity contribution < 1.29 is 24.2 Å². The number of hydrogen-bond acceptors (Lipinski definition) is 4. The third-order valence-electron chi connectivity index (χ3n) is 5.49. The molecule has 1 saturated carbocycles. The average molecular weight is 361 g/mol. The van der Waals surface area contributed by atoms with Gasteiger partial charge in [-0.05, 0) is 44.0 Å². The molecule has 2 N–H and O–H groups in total. The van der Waals surface area contributed by atoms with Crippen LogP contribution in [-0.4, -0.2) is 41.8 Å². The highest BCUT2D eigenvalue weighted by Gasteiger charge is 2.42. The molecule has 2 fully saturated rings. The van der Waals surface area contributed by atoms with E-state index in [1.165, 1.54) is 0 Å². The van der Waals surface area contributed by atoms with Crippen LogP contribution in [0.25, 0.3) is 0 Å². The monoisotopic (exact) mass is 361 g/mol. The molecule has 1 aliphatic carbocycles. The predicted octanol–water partition coefficient (Wildman–Crippen LogP) is 3.01. The molecule has 1 aliphatic heterocycles. The molecule has 1 amide bonds. The van der Waals surface area contributed by atoms with Crippen LogP contribution in [0, 0.1) is 5.92 Å². The fraction of sp³-hybridized carbons (Fsp3) is 0.600. The highest BCUT2D eigenvalue weighted by atomic mass is 16.5. The Balaban J connectivity index is 1.63. The molecule has 1 heterocycles. The van der Waals surface area contributed by atoms with Crippen molar-refractivity contribution in [3.05, 3.63) is 29.8 Å². The summed E-state index contributed by atoms with van der Waals surface area (Å²) >= 11 is 0. The molecule has 6 heteroatoms. The van der Waals surface area contributed by atoms with Crippen molar-refractivity contribution in [2.75, 3.05) is 13.2 Å². The van der Waals surface area contributed by atoms with Gasteiger partial charge in [-0.15, -0.1) is 0 Å². The minimum atomic E-state index is -0.840. The van der Waals surface area contributed by atoms with Crippen molar-refractivity contribution >= 4 is 11.9 Å². The average Bonchev–Trinajstić information content (AvgIpc) is 2.63. The molecule has 2 aliphatic rings. The topological polar surface area (TPSA) is 84.9 Å². The van der Waals surface area contributed by atoms with E-state index in [4.69, 9.17) is 9.47 Å². The first-order valence-electron chi connectivity index (χ1n) is 9.38. The Bertz CT molecular complexity index is 638. The standard InChI is InChI=1S/C20H27NO5/c1-20(11-3-2-4-17(20)19(23)24)21-18(22)14-5-7-15(8-6-14)26-16-9-12-25-13-10-16/h5-8,16-17H,2-4,9-13H2,1H3,(H,21,22)(H,23,24). The van der Waals surface area contributed by atoms with Crippen LogP contribution in [0.5, 0.6) is 5.75 Å². The molecule has 0 bridgehead atoms. The van der Waals surface area contributed by atoms with Gasteiger partial charge < -0.3 is 19.9 Å². The molecule has 2 atom stereocenters. The number of benzene rings is 1. The molecule has 1 aromatic rings. The van der Waals surface area contributed by atoms with E-state index in [0.717, 1.165) is 31.4 Å². The first kappa shape index (κ1) is 18.7. The highest BCUT2D eigenvalue weighted by molar-refractivity contribution is 5.95. The Hall–Kier alpha value is -2.08. The Morgan fingerprint density at radius 3 is 2.50 bits per heavy atom. The fourth-order valence-corrected chi connectivity index (χ4v) is 3.88. The second-order valence-corrected chi connectivity index (χ2v) is 7.46. The zero-order chi connectivity index (χ0) is 18.6. The van der Waals surface area contributed by atoms with Gasteiger partial charge in [0.15, 0.2) is 0 Å². The third-order valence-corrected chi connectivity index (χ3v) is 5.49. The van der Waals surface area contributed by atoms with E-state index in [9.17, 15) is 14.7 Å².